The van der Waals surface area contributed by atoms with Gasteiger partial charge in [0.05, 0.1) is 12.5 Å². The zero-order chi connectivity index (χ0) is 27.4. The molecule has 0 radical (unpaired) electrons. The molecule has 0 aromatic rings. The predicted molar refractivity (Wildman–Crippen MR) is 142 cm³/mol. The minimum atomic E-state index is -1.37. The molecule has 7 heteroatoms. The number of nitrogens with zero attached hydrogens (tertiary/aromatic N) is 1. The second-order valence-electron chi connectivity index (χ2n) is 10.1. The molecule has 36 heavy (non-hydrogen) atoms. The number of hydrogen-bond donors (Lipinski definition) is 2. The summed E-state index contributed by atoms with van der Waals surface area (Å²) in [6.45, 7) is 7.47. The number of carboxylic acid groups (broad SMARTS) is 3. The van der Waals surface area contributed by atoms with E-state index in [1.54, 1.807) is 20.8 Å². The van der Waals surface area contributed by atoms with Crippen molar-refractivity contribution in [3.63, 3.8) is 0 Å². The van der Waals surface area contributed by atoms with Crippen LogP contribution >= 0.6 is 0 Å². The Bertz CT molecular complexity index is 593. The molecule has 0 amide bonds. The van der Waals surface area contributed by atoms with E-state index in [9.17, 15) is 29.7 Å². The maximum Gasteiger partial charge on any atom is 0.362 e. The summed E-state index contributed by atoms with van der Waals surface area (Å²) >= 11 is 0. The molecule has 0 aromatic heterocycles. The first kappa shape index (κ1) is 34.1. The minimum absolute atomic E-state index is 0.128. The monoisotopic (exact) mass is 511 g/mol. The van der Waals surface area contributed by atoms with Crippen LogP contribution in [0.2, 0.25) is 0 Å². The molecule has 0 spiro atoms. The van der Waals surface area contributed by atoms with Gasteiger partial charge in [0.15, 0.2) is 12.1 Å². The highest BCUT2D eigenvalue weighted by Crippen LogP contribution is 2.32. The van der Waals surface area contributed by atoms with E-state index in [-0.39, 0.29) is 25.8 Å². The summed E-state index contributed by atoms with van der Waals surface area (Å²) in [5, 5.41) is 32.0. The highest BCUT2D eigenvalue weighted by molar-refractivity contribution is 5.77. The molecule has 0 fully saturated rings. The van der Waals surface area contributed by atoms with Gasteiger partial charge in [-0.05, 0) is 38.5 Å². The Morgan fingerprint density at radius 1 is 0.639 bits per heavy atom. The van der Waals surface area contributed by atoms with Gasteiger partial charge in [-0.15, -0.1) is 0 Å². The normalized spacial score (nSPS) is 15.9. The van der Waals surface area contributed by atoms with Crippen LogP contribution in [-0.2, 0) is 14.4 Å². The predicted octanol–water partition coefficient (Wildman–Crippen LogP) is 5.71. The Morgan fingerprint density at radius 2 is 1.03 bits per heavy atom. The lowest BCUT2D eigenvalue weighted by Crippen LogP contribution is -2.73. The highest BCUT2D eigenvalue weighted by Gasteiger charge is 2.53. The van der Waals surface area contributed by atoms with Crippen LogP contribution in [0.1, 0.15) is 130 Å². The average molecular weight is 512 g/mol. The van der Waals surface area contributed by atoms with Gasteiger partial charge in [-0.1, -0.05) is 84.8 Å². The minimum Gasteiger partial charge on any atom is -0.544 e. The molecular formula is C29H53NO6. The van der Waals surface area contributed by atoms with Crippen molar-refractivity contribution in [1.82, 2.24) is 0 Å². The molecule has 0 aliphatic carbocycles. The summed E-state index contributed by atoms with van der Waals surface area (Å²) < 4.78 is -0.471. The molecule has 0 aliphatic rings. The van der Waals surface area contributed by atoms with Crippen LogP contribution < -0.4 is 5.11 Å². The SMILES string of the molecule is CCCCCC/C=C/CCCCCCCCC[N+](C(CC)C(=O)[O-])(C(CC)C(=O)O)C(CC)C(=O)O. The zero-order valence-corrected chi connectivity index (χ0v) is 23.4. The van der Waals surface area contributed by atoms with Crippen LogP contribution in [-0.4, -0.2) is 57.3 Å². The third kappa shape index (κ3) is 11.4. The van der Waals surface area contributed by atoms with Gasteiger partial charge < -0.3 is 20.1 Å². The van der Waals surface area contributed by atoms with Crippen molar-refractivity contribution < 1.29 is 34.2 Å². The van der Waals surface area contributed by atoms with Crippen molar-refractivity contribution in [2.45, 2.75) is 149 Å². The van der Waals surface area contributed by atoms with Crippen LogP contribution in [0.5, 0.6) is 0 Å². The van der Waals surface area contributed by atoms with Gasteiger partial charge in [0.1, 0.15) is 6.04 Å². The number of rotatable bonds is 24. The summed E-state index contributed by atoms with van der Waals surface area (Å²) in [4.78, 5) is 36.5. The fourth-order valence-electron chi connectivity index (χ4n) is 5.72. The van der Waals surface area contributed by atoms with Crippen LogP contribution in [0.4, 0.5) is 0 Å². The summed E-state index contributed by atoms with van der Waals surface area (Å²) in [6.07, 6.45) is 19.5. The van der Waals surface area contributed by atoms with Crippen molar-refractivity contribution in [2.24, 2.45) is 0 Å². The Balaban J connectivity index is 4.88. The number of allylic oxidation sites excluding steroid dienone is 2. The smallest absolute Gasteiger partial charge is 0.362 e. The summed E-state index contributed by atoms with van der Waals surface area (Å²) in [6, 6.07) is -3.38. The van der Waals surface area contributed by atoms with Crippen molar-refractivity contribution in [3.05, 3.63) is 12.2 Å². The number of carbonyl (C=O) groups is 3. The molecule has 7 nitrogen and oxygen atoms in total. The molecule has 0 saturated carbocycles. The fourth-order valence-corrected chi connectivity index (χ4v) is 5.72. The molecule has 3 unspecified atom stereocenters. The molecule has 0 heterocycles. The van der Waals surface area contributed by atoms with E-state index in [4.69, 9.17) is 0 Å². The van der Waals surface area contributed by atoms with E-state index in [1.807, 2.05) is 0 Å². The Hall–Kier alpha value is -1.89. The van der Waals surface area contributed by atoms with Crippen LogP contribution in [0.25, 0.3) is 0 Å². The Kier molecular flexibility index (Phi) is 19.1. The van der Waals surface area contributed by atoms with Crippen LogP contribution in [0.3, 0.4) is 0 Å². The molecule has 0 rings (SSSR count). The third-order valence-corrected chi connectivity index (χ3v) is 7.55. The first-order chi connectivity index (χ1) is 17.2. The van der Waals surface area contributed by atoms with Crippen molar-refractivity contribution in [3.8, 4) is 0 Å². The van der Waals surface area contributed by atoms with Crippen LogP contribution in [0, 0.1) is 0 Å². The van der Waals surface area contributed by atoms with Gasteiger partial charge in [0.2, 0.25) is 0 Å². The number of aliphatic carboxylic acids is 3. The Morgan fingerprint density at radius 3 is 1.39 bits per heavy atom. The lowest BCUT2D eigenvalue weighted by Gasteiger charge is -2.51. The molecule has 0 bridgehead atoms. The van der Waals surface area contributed by atoms with Crippen molar-refractivity contribution >= 4 is 17.9 Å². The highest BCUT2D eigenvalue weighted by atomic mass is 16.4. The topological polar surface area (TPSA) is 115 Å². The quantitative estimate of drug-likeness (QED) is 0.0975. The van der Waals surface area contributed by atoms with Gasteiger partial charge in [-0.3, -0.25) is 4.48 Å². The zero-order valence-electron chi connectivity index (χ0n) is 23.4. The molecule has 3 atom stereocenters. The molecule has 210 valence electrons. The number of carbonyl (C=O) groups excluding carboxylic acids is 1. The van der Waals surface area contributed by atoms with E-state index in [0.717, 1.165) is 32.1 Å². The summed E-state index contributed by atoms with van der Waals surface area (Å²) in [7, 11) is 0. The number of unbranched alkanes of at least 4 members (excludes halogenated alkanes) is 11. The molecule has 0 aromatic carbocycles. The molecular weight excluding hydrogens is 458 g/mol. The number of hydrogen-bond acceptors (Lipinski definition) is 4. The van der Waals surface area contributed by atoms with E-state index in [0.29, 0.717) is 6.42 Å². The van der Waals surface area contributed by atoms with E-state index >= 15 is 0 Å². The Labute approximate surface area is 219 Å². The van der Waals surface area contributed by atoms with Gasteiger partial charge in [0, 0.05) is 19.3 Å². The van der Waals surface area contributed by atoms with Crippen LogP contribution in [0.15, 0.2) is 12.2 Å². The average Bonchev–Trinajstić information content (AvgIpc) is 2.82. The number of quaternary nitrogens is 1. The van der Waals surface area contributed by atoms with E-state index in [2.05, 4.69) is 19.1 Å². The lowest BCUT2D eigenvalue weighted by molar-refractivity contribution is -0.974. The second kappa shape index (κ2) is 20.2. The lowest BCUT2D eigenvalue weighted by atomic mass is 9.93. The molecule has 0 saturated heterocycles. The van der Waals surface area contributed by atoms with Gasteiger partial charge in [-0.25, -0.2) is 9.59 Å². The van der Waals surface area contributed by atoms with Crippen molar-refractivity contribution in [1.29, 1.82) is 0 Å². The first-order valence-electron chi connectivity index (χ1n) is 14.4. The van der Waals surface area contributed by atoms with Gasteiger partial charge in [0.25, 0.3) is 0 Å². The molecule has 2 N–H and O–H groups in total. The number of carboxylic acids is 3. The molecule has 0 aliphatic heterocycles. The first-order valence-corrected chi connectivity index (χ1v) is 14.4. The fraction of sp³-hybridized carbons (Fsp3) is 0.828. The summed E-state index contributed by atoms with van der Waals surface area (Å²) in [5.41, 5.74) is 0. The van der Waals surface area contributed by atoms with E-state index in [1.165, 1.54) is 44.9 Å². The van der Waals surface area contributed by atoms with Gasteiger partial charge >= 0.3 is 11.9 Å². The second-order valence-corrected chi connectivity index (χ2v) is 10.1. The summed E-state index contributed by atoms with van der Waals surface area (Å²) in [5.74, 6) is -3.66. The van der Waals surface area contributed by atoms with E-state index < -0.39 is 40.5 Å². The standard InChI is InChI=1S/C29H53NO6/c1-5-9-10-11-12-13-14-15-16-17-18-19-20-21-22-23-30(24(6-2)27(31)32,25(7-3)28(33)34)26(8-4)29(35)36/h13-14,24-26H,5-12,15-23H2,1-4H3,(H2-,31,32,33,34,35,36)/b14-13+. The third-order valence-electron chi connectivity index (χ3n) is 7.55. The maximum absolute atomic E-state index is 12.2. The largest absolute Gasteiger partial charge is 0.544 e. The maximum atomic E-state index is 12.2. The van der Waals surface area contributed by atoms with Gasteiger partial charge in [-0.2, -0.15) is 0 Å². The van der Waals surface area contributed by atoms with Crippen molar-refractivity contribution in [2.75, 3.05) is 6.54 Å².